The van der Waals surface area contributed by atoms with Crippen LogP contribution in [0.5, 0.6) is 0 Å². The Bertz CT molecular complexity index is 491. The molecule has 0 radical (unpaired) electrons. The van der Waals surface area contributed by atoms with Crippen molar-refractivity contribution < 1.29 is 0 Å². The number of hydrogen-bond donors (Lipinski definition) is 3. The highest BCUT2D eigenvalue weighted by molar-refractivity contribution is 5.94. The first-order valence-corrected chi connectivity index (χ1v) is 4.01. The van der Waals surface area contributed by atoms with Crippen LogP contribution in [0.15, 0.2) is 6.07 Å². The zero-order valence-corrected chi connectivity index (χ0v) is 7.78. The van der Waals surface area contributed by atoms with E-state index in [1.807, 2.05) is 12.1 Å². The van der Waals surface area contributed by atoms with Gasteiger partial charge in [-0.3, -0.25) is 5.41 Å². The number of anilines is 1. The van der Waals surface area contributed by atoms with Crippen LogP contribution in [-0.2, 0) is 6.42 Å². The molecule has 1 aromatic heterocycles. The first-order chi connectivity index (χ1) is 7.10. The lowest BCUT2D eigenvalue weighted by Crippen LogP contribution is -2.15. The van der Waals surface area contributed by atoms with Gasteiger partial charge in [0, 0.05) is 0 Å². The van der Waals surface area contributed by atoms with Gasteiger partial charge in [0.05, 0.1) is 29.4 Å². The quantitative estimate of drug-likeness (QED) is 0.451. The minimum atomic E-state index is -0.245. The van der Waals surface area contributed by atoms with Crippen molar-refractivity contribution in [3.8, 4) is 12.1 Å². The Morgan fingerprint density at radius 2 is 2.20 bits per heavy atom. The van der Waals surface area contributed by atoms with Gasteiger partial charge in [-0.2, -0.15) is 10.5 Å². The number of nitrogens with zero attached hydrogens (tertiary/aromatic N) is 3. The van der Waals surface area contributed by atoms with E-state index in [1.165, 1.54) is 6.07 Å². The van der Waals surface area contributed by atoms with Gasteiger partial charge < -0.3 is 11.5 Å². The zero-order chi connectivity index (χ0) is 11.4. The van der Waals surface area contributed by atoms with Crippen molar-refractivity contribution in [1.29, 1.82) is 15.9 Å². The molecule has 0 saturated heterocycles. The molecule has 0 unspecified atom stereocenters. The molecule has 0 aromatic carbocycles. The van der Waals surface area contributed by atoms with Crippen molar-refractivity contribution >= 4 is 11.5 Å². The molecule has 6 heteroatoms. The molecule has 0 aliphatic rings. The van der Waals surface area contributed by atoms with Gasteiger partial charge in [0.15, 0.2) is 0 Å². The minimum Gasteiger partial charge on any atom is -0.398 e. The van der Waals surface area contributed by atoms with E-state index in [4.69, 9.17) is 27.4 Å². The number of pyridine rings is 1. The Morgan fingerprint density at radius 3 is 2.67 bits per heavy atom. The average molecular weight is 200 g/mol. The number of hydrogen-bond acceptors (Lipinski definition) is 5. The van der Waals surface area contributed by atoms with Gasteiger partial charge in [-0.1, -0.05) is 0 Å². The van der Waals surface area contributed by atoms with E-state index in [2.05, 4.69) is 4.98 Å². The van der Waals surface area contributed by atoms with Crippen LogP contribution >= 0.6 is 0 Å². The summed E-state index contributed by atoms with van der Waals surface area (Å²) in [7, 11) is 0. The van der Waals surface area contributed by atoms with Gasteiger partial charge >= 0.3 is 0 Å². The fourth-order valence-corrected chi connectivity index (χ4v) is 1.09. The standard InChI is InChI=1S/C9H8N6/c10-2-1-7-5(4-11)6(12)3-8(15-7)9(13)14/h3H,1H2,(H2,12,15)(H3,13,14). The number of nitrogens with one attached hydrogen (secondary N) is 1. The molecule has 74 valence electrons. The van der Waals surface area contributed by atoms with E-state index in [0.29, 0.717) is 0 Å². The maximum atomic E-state index is 8.79. The second-order valence-electron chi connectivity index (χ2n) is 2.78. The highest BCUT2D eigenvalue weighted by Gasteiger charge is 2.11. The van der Waals surface area contributed by atoms with Gasteiger partial charge in [-0.15, -0.1) is 0 Å². The lowest BCUT2D eigenvalue weighted by atomic mass is 10.1. The summed E-state index contributed by atoms with van der Waals surface area (Å²) in [5.41, 5.74) is 11.6. The summed E-state index contributed by atoms with van der Waals surface area (Å²) in [6, 6.07) is 5.09. The predicted octanol–water partition coefficient (Wildman–Crippen LogP) is -0.114. The van der Waals surface area contributed by atoms with E-state index >= 15 is 0 Å². The molecular weight excluding hydrogens is 192 g/mol. The van der Waals surface area contributed by atoms with Crippen molar-refractivity contribution in [1.82, 2.24) is 4.98 Å². The Balaban J connectivity index is 3.41. The smallest absolute Gasteiger partial charge is 0.141 e. The van der Waals surface area contributed by atoms with Gasteiger partial charge in [0.25, 0.3) is 0 Å². The Hall–Kier alpha value is -2.60. The third kappa shape index (κ3) is 2.01. The van der Waals surface area contributed by atoms with Gasteiger partial charge in [-0.25, -0.2) is 4.98 Å². The minimum absolute atomic E-state index is 0.0335. The van der Waals surface area contributed by atoms with Gasteiger partial charge in [0.1, 0.15) is 17.6 Å². The van der Waals surface area contributed by atoms with Crippen LogP contribution in [0.2, 0.25) is 0 Å². The molecule has 0 fully saturated rings. The highest BCUT2D eigenvalue weighted by atomic mass is 14.8. The topological polar surface area (TPSA) is 136 Å². The molecule has 0 saturated carbocycles. The third-order valence-electron chi connectivity index (χ3n) is 1.76. The molecule has 6 nitrogen and oxygen atoms in total. The monoisotopic (exact) mass is 200 g/mol. The summed E-state index contributed by atoms with van der Waals surface area (Å²) in [5, 5.41) is 24.5. The lowest BCUT2D eigenvalue weighted by Gasteiger charge is -2.05. The van der Waals surface area contributed by atoms with Crippen LogP contribution in [0.25, 0.3) is 0 Å². The van der Waals surface area contributed by atoms with Crippen molar-refractivity contribution in [3.63, 3.8) is 0 Å². The lowest BCUT2D eigenvalue weighted by molar-refractivity contribution is 1.08. The number of rotatable bonds is 2. The van der Waals surface area contributed by atoms with E-state index in [1.54, 1.807) is 0 Å². The fourth-order valence-electron chi connectivity index (χ4n) is 1.09. The summed E-state index contributed by atoms with van der Waals surface area (Å²) in [6.45, 7) is 0. The summed E-state index contributed by atoms with van der Waals surface area (Å²) < 4.78 is 0. The van der Waals surface area contributed by atoms with E-state index in [9.17, 15) is 0 Å². The molecule has 0 spiro atoms. The summed E-state index contributed by atoms with van der Waals surface area (Å²) in [4.78, 5) is 3.92. The fraction of sp³-hybridized carbons (Fsp3) is 0.111. The van der Waals surface area contributed by atoms with Crippen molar-refractivity contribution in [2.45, 2.75) is 6.42 Å². The highest BCUT2D eigenvalue weighted by Crippen LogP contribution is 2.16. The molecule has 5 N–H and O–H groups in total. The average Bonchev–Trinajstić information content (AvgIpc) is 2.17. The largest absolute Gasteiger partial charge is 0.398 e. The van der Waals surface area contributed by atoms with Gasteiger partial charge in [0.2, 0.25) is 0 Å². The number of nitrogen functional groups attached to an aromatic ring is 2. The number of nitrogens with two attached hydrogens (primary N) is 2. The molecule has 15 heavy (non-hydrogen) atoms. The van der Waals surface area contributed by atoms with Crippen LogP contribution in [0.4, 0.5) is 5.69 Å². The zero-order valence-electron chi connectivity index (χ0n) is 7.78. The Morgan fingerprint density at radius 1 is 1.53 bits per heavy atom. The summed E-state index contributed by atoms with van der Waals surface area (Å²) >= 11 is 0. The van der Waals surface area contributed by atoms with Gasteiger partial charge in [-0.05, 0) is 6.07 Å². The van der Waals surface area contributed by atoms with Crippen LogP contribution < -0.4 is 11.5 Å². The molecule has 0 amide bonds. The Kier molecular flexibility index (Phi) is 2.85. The molecular formula is C9H8N6. The Labute approximate surface area is 86.3 Å². The van der Waals surface area contributed by atoms with Crippen molar-refractivity contribution in [3.05, 3.63) is 23.0 Å². The summed E-state index contributed by atoms with van der Waals surface area (Å²) in [6.07, 6.45) is -0.0335. The third-order valence-corrected chi connectivity index (χ3v) is 1.76. The van der Waals surface area contributed by atoms with Crippen LogP contribution in [0.1, 0.15) is 17.0 Å². The van der Waals surface area contributed by atoms with Crippen LogP contribution in [0.3, 0.4) is 0 Å². The van der Waals surface area contributed by atoms with Crippen molar-refractivity contribution in [2.24, 2.45) is 5.73 Å². The van der Waals surface area contributed by atoms with E-state index in [-0.39, 0.29) is 34.9 Å². The molecule has 0 bridgehead atoms. The number of aromatic nitrogens is 1. The first-order valence-electron chi connectivity index (χ1n) is 4.01. The molecule has 1 aromatic rings. The molecule has 0 atom stereocenters. The number of amidine groups is 1. The van der Waals surface area contributed by atoms with Crippen molar-refractivity contribution in [2.75, 3.05) is 5.73 Å². The maximum Gasteiger partial charge on any atom is 0.141 e. The second-order valence-corrected chi connectivity index (χ2v) is 2.78. The normalized spacial score (nSPS) is 8.93. The molecule has 1 heterocycles. The SMILES string of the molecule is N#CCc1nc(C(=N)N)cc(N)c1C#N. The molecule has 0 aliphatic heterocycles. The molecule has 1 rings (SSSR count). The first kappa shape index (κ1) is 10.5. The van der Waals surface area contributed by atoms with E-state index < -0.39 is 0 Å². The molecule has 0 aliphatic carbocycles. The predicted molar refractivity (Wildman–Crippen MR) is 53.7 cm³/mol. The number of nitriles is 2. The summed E-state index contributed by atoms with van der Waals surface area (Å²) in [5.74, 6) is -0.245. The van der Waals surface area contributed by atoms with E-state index in [0.717, 1.165) is 0 Å². The van der Waals surface area contributed by atoms with Crippen LogP contribution in [0, 0.1) is 28.1 Å². The maximum absolute atomic E-state index is 8.79. The second kappa shape index (κ2) is 4.07. The van der Waals surface area contributed by atoms with Crippen LogP contribution in [-0.4, -0.2) is 10.8 Å².